The second-order valence-corrected chi connectivity index (χ2v) is 10.4. The van der Waals surface area contributed by atoms with E-state index in [1.54, 1.807) is 12.3 Å². The lowest BCUT2D eigenvalue weighted by molar-refractivity contribution is -0.149. The molecule has 2 aromatic rings. The van der Waals surface area contributed by atoms with Crippen LogP contribution in [0.5, 0.6) is 0 Å². The number of aryl methyl sites for hydroxylation is 3. The molecule has 1 aromatic carbocycles. The van der Waals surface area contributed by atoms with Gasteiger partial charge in [-0.15, -0.1) is 0 Å². The molecule has 31 heavy (non-hydrogen) atoms. The first-order valence-electron chi connectivity index (χ1n) is 11.2. The van der Waals surface area contributed by atoms with Crippen LogP contribution in [0.15, 0.2) is 47.6 Å². The van der Waals surface area contributed by atoms with Crippen LogP contribution in [0.4, 0.5) is 0 Å². The number of rotatable bonds is 7. The Labute approximate surface area is 184 Å². The van der Waals surface area contributed by atoms with Crippen LogP contribution >= 0.6 is 0 Å². The molecule has 0 amide bonds. The van der Waals surface area contributed by atoms with Crippen LogP contribution in [0.2, 0.25) is 0 Å². The number of pyridine rings is 1. The lowest BCUT2D eigenvalue weighted by Crippen LogP contribution is -2.40. The van der Waals surface area contributed by atoms with Gasteiger partial charge in [-0.3, -0.25) is 9.78 Å². The summed E-state index contributed by atoms with van der Waals surface area (Å²) in [4.78, 5) is 16.9. The maximum atomic E-state index is 13.1. The minimum absolute atomic E-state index is 0.211. The van der Waals surface area contributed by atoms with Crippen molar-refractivity contribution in [3.63, 3.8) is 0 Å². The highest BCUT2D eigenvalue weighted by Crippen LogP contribution is 2.28. The van der Waals surface area contributed by atoms with E-state index >= 15 is 0 Å². The van der Waals surface area contributed by atoms with Crippen molar-refractivity contribution in [2.45, 2.75) is 56.3 Å². The van der Waals surface area contributed by atoms with Gasteiger partial charge in [-0.05, 0) is 86.3 Å². The first-order valence-corrected chi connectivity index (χ1v) is 12.7. The molecule has 0 atom stereocenters. The lowest BCUT2D eigenvalue weighted by Gasteiger charge is -2.30. The summed E-state index contributed by atoms with van der Waals surface area (Å²) in [7, 11) is -3.52. The van der Waals surface area contributed by atoms with Crippen LogP contribution in [-0.4, -0.2) is 43.4 Å². The lowest BCUT2D eigenvalue weighted by atomic mass is 9.92. The summed E-state index contributed by atoms with van der Waals surface area (Å²) in [5.74, 6) is -0.439. The van der Waals surface area contributed by atoms with Crippen molar-refractivity contribution in [2.75, 3.05) is 19.7 Å². The van der Waals surface area contributed by atoms with E-state index in [2.05, 4.69) is 4.98 Å². The zero-order chi connectivity index (χ0) is 21.7. The summed E-state index contributed by atoms with van der Waals surface area (Å²) in [6, 6.07) is 9.46. The van der Waals surface area contributed by atoms with Gasteiger partial charge in [0.05, 0.1) is 17.4 Å². The monoisotopic (exact) mass is 442 g/mol. The summed E-state index contributed by atoms with van der Waals surface area (Å²) in [6.45, 7) is 1.09. The molecule has 6 nitrogen and oxygen atoms in total. The van der Waals surface area contributed by atoms with E-state index < -0.39 is 10.0 Å². The standard InChI is InChI=1S/C24H30N2O4S/c27-24(30-16-4-6-19-5-3-13-25-18-19)21-11-14-26(15-12-21)31(28,29)23-10-9-20-7-1-2-8-22(20)17-23/h3,5,9-10,13,17-18,21H,1-2,4,6-8,11-12,14-16H2. The Morgan fingerprint density at radius 2 is 1.87 bits per heavy atom. The van der Waals surface area contributed by atoms with Crippen molar-refractivity contribution in [1.82, 2.24) is 9.29 Å². The minimum atomic E-state index is -3.52. The highest BCUT2D eigenvalue weighted by Gasteiger charge is 2.33. The van der Waals surface area contributed by atoms with Gasteiger partial charge in [-0.2, -0.15) is 4.31 Å². The quantitative estimate of drug-likeness (QED) is 0.484. The highest BCUT2D eigenvalue weighted by molar-refractivity contribution is 7.89. The third kappa shape index (κ3) is 5.33. The van der Waals surface area contributed by atoms with Crippen molar-refractivity contribution in [3.8, 4) is 0 Å². The maximum Gasteiger partial charge on any atom is 0.309 e. The molecule has 1 aliphatic heterocycles. The largest absolute Gasteiger partial charge is 0.465 e. The molecule has 0 N–H and O–H groups in total. The number of hydrogen-bond donors (Lipinski definition) is 0. The number of esters is 1. The number of carbonyl (C=O) groups is 1. The third-order valence-electron chi connectivity index (χ3n) is 6.32. The number of carbonyl (C=O) groups excluding carboxylic acids is 1. The summed E-state index contributed by atoms with van der Waals surface area (Å²) in [6.07, 6.45) is 10.4. The molecule has 0 bridgehead atoms. The van der Waals surface area contributed by atoms with Crippen molar-refractivity contribution in [2.24, 2.45) is 5.92 Å². The van der Waals surface area contributed by atoms with Crippen LogP contribution in [0, 0.1) is 5.92 Å². The molecule has 1 fully saturated rings. The zero-order valence-electron chi connectivity index (χ0n) is 17.8. The van der Waals surface area contributed by atoms with E-state index in [4.69, 9.17) is 4.74 Å². The highest BCUT2D eigenvalue weighted by atomic mass is 32.2. The number of sulfonamides is 1. The fraction of sp³-hybridized carbons (Fsp3) is 0.500. The number of nitrogens with zero attached hydrogens (tertiary/aromatic N) is 2. The van der Waals surface area contributed by atoms with Gasteiger partial charge in [-0.25, -0.2) is 8.42 Å². The number of aromatic nitrogens is 1. The van der Waals surface area contributed by atoms with Gasteiger partial charge in [0, 0.05) is 25.5 Å². The van der Waals surface area contributed by atoms with E-state index in [1.165, 1.54) is 16.3 Å². The third-order valence-corrected chi connectivity index (χ3v) is 8.22. The molecule has 0 radical (unpaired) electrons. The molecule has 1 aromatic heterocycles. The molecule has 0 unspecified atom stereocenters. The van der Waals surface area contributed by atoms with Crippen LogP contribution in [-0.2, 0) is 38.8 Å². The molecule has 1 aliphatic carbocycles. The van der Waals surface area contributed by atoms with E-state index in [1.807, 2.05) is 30.5 Å². The molecular formula is C24H30N2O4S. The predicted molar refractivity (Wildman–Crippen MR) is 118 cm³/mol. The fourth-order valence-corrected chi connectivity index (χ4v) is 5.98. The van der Waals surface area contributed by atoms with Crippen LogP contribution < -0.4 is 0 Å². The number of ether oxygens (including phenoxy) is 1. The Hall–Kier alpha value is -2.25. The average molecular weight is 443 g/mol. The zero-order valence-corrected chi connectivity index (χ0v) is 18.6. The van der Waals surface area contributed by atoms with Crippen molar-refractivity contribution in [1.29, 1.82) is 0 Å². The number of fused-ring (bicyclic) bond motifs is 1. The molecule has 1 saturated heterocycles. The molecular weight excluding hydrogens is 412 g/mol. The molecule has 0 spiro atoms. The van der Waals surface area contributed by atoms with Gasteiger partial charge in [-0.1, -0.05) is 12.1 Å². The van der Waals surface area contributed by atoms with Crippen molar-refractivity contribution >= 4 is 16.0 Å². The van der Waals surface area contributed by atoms with E-state index in [9.17, 15) is 13.2 Å². The second-order valence-electron chi connectivity index (χ2n) is 8.45. The van der Waals surface area contributed by atoms with Crippen LogP contribution in [0.3, 0.4) is 0 Å². The van der Waals surface area contributed by atoms with Crippen molar-refractivity contribution < 1.29 is 17.9 Å². The molecule has 0 saturated carbocycles. The minimum Gasteiger partial charge on any atom is -0.465 e. The van der Waals surface area contributed by atoms with Gasteiger partial charge < -0.3 is 4.74 Å². The normalized spacial score (nSPS) is 17.8. The Morgan fingerprint density at radius 3 is 2.61 bits per heavy atom. The molecule has 166 valence electrons. The van der Waals surface area contributed by atoms with E-state index in [0.717, 1.165) is 43.2 Å². The summed E-state index contributed by atoms with van der Waals surface area (Å²) in [5.41, 5.74) is 3.56. The molecule has 2 aliphatic rings. The Bertz CT molecular complexity index is 999. The van der Waals surface area contributed by atoms with Crippen LogP contribution in [0.1, 0.15) is 48.8 Å². The van der Waals surface area contributed by atoms with Gasteiger partial charge in [0.1, 0.15) is 0 Å². The number of piperidine rings is 1. The van der Waals surface area contributed by atoms with Crippen LogP contribution in [0.25, 0.3) is 0 Å². The fourth-order valence-electron chi connectivity index (χ4n) is 4.46. The van der Waals surface area contributed by atoms with E-state index in [0.29, 0.717) is 37.4 Å². The maximum absolute atomic E-state index is 13.1. The Balaban J connectivity index is 1.26. The topological polar surface area (TPSA) is 76.6 Å². The molecule has 4 rings (SSSR count). The smallest absolute Gasteiger partial charge is 0.309 e. The average Bonchev–Trinajstić information content (AvgIpc) is 2.82. The van der Waals surface area contributed by atoms with E-state index in [-0.39, 0.29) is 11.9 Å². The Kier molecular flexibility index (Phi) is 7.02. The van der Waals surface area contributed by atoms with Gasteiger partial charge >= 0.3 is 5.97 Å². The van der Waals surface area contributed by atoms with Crippen molar-refractivity contribution in [3.05, 3.63) is 59.4 Å². The first kappa shape index (κ1) is 22.0. The molecule has 7 heteroatoms. The summed E-state index contributed by atoms with van der Waals surface area (Å²) >= 11 is 0. The molecule has 2 heterocycles. The summed E-state index contributed by atoms with van der Waals surface area (Å²) in [5, 5.41) is 0. The predicted octanol–water partition coefficient (Wildman–Crippen LogP) is 3.54. The number of hydrogen-bond acceptors (Lipinski definition) is 5. The number of benzene rings is 1. The second kappa shape index (κ2) is 9.92. The van der Waals surface area contributed by atoms with Gasteiger partial charge in [0.15, 0.2) is 0 Å². The SMILES string of the molecule is O=C(OCCCc1cccnc1)C1CCN(S(=O)(=O)c2ccc3c(c2)CCCC3)CC1. The Morgan fingerprint density at radius 1 is 1.10 bits per heavy atom. The summed E-state index contributed by atoms with van der Waals surface area (Å²) < 4.78 is 33.2. The first-order chi connectivity index (χ1) is 15.0. The van der Waals surface area contributed by atoms with Gasteiger partial charge in [0.2, 0.25) is 10.0 Å². The van der Waals surface area contributed by atoms with Gasteiger partial charge in [0.25, 0.3) is 0 Å².